The van der Waals surface area contributed by atoms with Gasteiger partial charge in [0.25, 0.3) is 0 Å². The van der Waals surface area contributed by atoms with Crippen molar-refractivity contribution in [1.29, 1.82) is 0 Å². The number of aliphatic hydroxyl groups excluding tert-OH is 2. The van der Waals surface area contributed by atoms with E-state index in [4.69, 9.17) is 28.7 Å². The molecule has 28 heteroatoms. The molecular weight excluding hydrogens is 830 g/mol. The van der Waals surface area contributed by atoms with E-state index in [1.807, 2.05) is 5.32 Å². The van der Waals surface area contributed by atoms with Crippen LogP contribution in [-0.2, 0) is 57.5 Å². The fraction of sp³-hybridized carbons (Fsp3) is 0.647. The fourth-order valence-corrected chi connectivity index (χ4v) is 4.96. The highest BCUT2D eigenvalue weighted by molar-refractivity contribution is 5.97. The predicted octanol–water partition coefficient (Wildman–Crippen LogP) is -9.53. The van der Waals surface area contributed by atoms with Crippen LogP contribution < -0.4 is 71.2 Å². The third-order valence-corrected chi connectivity index (χ3v) is 8.50. The number of hydrogen-bond donors (Lipinski definition) is 16. The zero-order chi connectivity index (χ0) is 47.5. The van der Waals surface area contributed by atoms with E-state index in [0.29, 0.717) is 12.8 Å². The second-order valence-corrected chi connectivity index (χ2v) is 13.7. The Morgan fingerprint density at radius 3 is 1.44 bits per heavy atom. The van der Waals surface area contributed by atoms with Crippen LogP contribution in [0.4, 0.5) is 0 Å². The standard InChI is InChI=1S/C34H59N13O15/c1-16(42-29(56)17(36)5-8-23(37)50)28(55)44-18(4-2-3-11-35)31(58)47-22(15-49)33(60)45-19(6-9-24(38)51)30(57)41-12-26(53)40-13-27(54)43-21(14-48)32(59)46-20(34(61)62)7-10-25(39)52/h16-22,48-49H,2-15,35-36H2,1H3,(H2,37,50)(H2,38,51)(H2,39,52)(H,40,53)(H,41,57)(H,42,56)(H,43,54)(H,44,55)(H,45,60)(H,46,59)(H,47,58)(H,61,62). The highest BCUT2D eigenvalue weighted by Crippen LogP contribution is 2.05. The average molecular weight is 890 g/mol. The molecule has 0 bridgehead atoms. The highest BCUT2D eigenvalue weighted by atomic mass is 16.4. The Morgan fingerprint density at radius 2 is 0.919 bits per heavy atom. The molecule has 21 N–H and O–H groups in total. The Labute approximate surface area is 354 Å². The highest BCUT2D eigenvalue weighted by Gasteiger charge is 2.31. The summed E-state index contributed by atoms with van der Waals surface area (Å²) in [5.41, 5.74) is 26.5. The Hall–Kier alpha value is -6.52. The molecule has 0 saturated heterocycles. The van der Waals surface area contributed by atoms with Crippen molar-refractivity contribution in [2.75, 3.05) is 32.8 Å². The fourth-order valence-electron chi connectivity index (χ4n) is 4.96. The van der Waals surface area contributed by atoms with Gasteiger partial charge in [-0.15, -0.1) is 0 Å². The molecule has 350 valence electrons. The van der Waals surface area contributed by atoms with Crippen LogP contribution in [0.1, 0.15) is 64.7 Å². The van der Waals surface area contributed by atoms with E-state index in [1.54, 1.807) is 0 Å². The van der Waals surface area contributed by atoms with Gasteiger partial charge in [-0.2, -0.15) is 0 Å². The van der Waals surface area contributed by atoms with E-state index in [9.17, 15) is 72.9 Å². The molecular formula is C34H59N13O15. The van der Waals surface area contributed by atoms with E-state index in [0.717, 1.165) is 0 Å². The van der Waals surface area contributed by atoms with Crippen molar-refractivity contribution in [2.45, 2.75) is 107 Å². The van der Waals surface area contributed by atoms with Crippen molar-refractivity contribution in [3.8, 4) is 0 Å². The van der Waals surface area contributed by atoms with Crippen LogP contribution >= 0.6 is 0 Å². The van der Waals surface area contributed by atoms with Gasteiger partial charge < -0.3 is 86.5 Å². The van der Waals surface area contributed by atoms with Crippen LogP contribution in [0.15, 0.2) is 0 Å². The molecule has 0 spiro atoms. The summed E-state index contributed by atoms with van der Waals surface area (Å²) in [4.78, 5) is 147. The number of nitrogens with one attached hydrogen (secondary N) is 8. The minimum Gasteiger partial charge on any atom is -0.480 e. The van der Waals surface area contributed by atoms with Crippen LogP contribution in [0.25, 0.3) is 0 Å². The van der Waals surface area contributed by atoms with Gasteiger partial charge in [-0.05, 0) is 52.0 Å². The lowest BCUT2D eigenvalue weighted by molar-refractivity contribution is -0.143. The normalized spacial score (nSPS) is 14.1. The smallest absolute Gasteiger partial charge is 0.326 e. The minimum atomic E-state index is -1.74. The van der Waals surface area contributed by atoms with Crippen LogP contribution in [0.3, 0.4) is 0 Å². The number of aliphatic carboxylic acids is 1. The zero-order valence-corrected chi connectivity index (χ0v) is 34.1. The molecule has 0 aromatic rings. The molecule has 0 aromatic carbocycles. The maximum absolute atomic E-state index is 13.3. The molecule has 0 radical (unpaired) electrons. The molecule has 62 heavy (non-hydrogen) atoms. The molecule has 0 heterocycles. The van der Waals surface area contributed by atoms with Crippen LogP contribution in [-0.4, -0.2) is 161 Å². The molecule has 0 aliphatic rings. The average Bonchev–Trinajstić information content (AvgIpc) is 3.20. The van der Waals surface area contributed by atoms with Gasteiger partial charge in [0.1, 0.15) is 36.3 Å². The first kappa shape index (κ1) is 55.5. The molecule has 7 unspecified atom stereocenters. The van der Waals surface area contributed by atoms with E-state index in [1.165, 1.54) is 6.92 Å². The van der Waals surface area contributed by atoms with Crippen molar-refractivity contribution in [1.82, 2.24) is 42.5 Å². The van der Waals surface area contributed by atoms with Crippen LogP contribution in [0, 0.1) is 0 Å². The molecule has 0 rings (SSSR count). The van der Waals surface area contributed by atoms with E-state index >= 15 is 0 Å². The lowest BCUT2D eigenvalue weighted by atomic mass is 10.1. The number of amides is 11. The second kappa shape index (κ2) is 29.7. The van der Waals surface area contributed by atoms with Gasteiger partial charge in [-0.3, -0.25) is 52.7 Å². The van der Waals surface area contributed by atoms with Crippen molar-refractivity contribution in [2.24, 2.45) is 28.7 Å². The van der Waals surface area contributed by atoms with Crippen molar-refractivity contribution in [3.05, 3.63) is 0 Å². The first-order chi connectivity index (χ1) is 29.1. The van der Waals surface area contributed by atoms with E-state index in [-0.39, 0.29) is 38.6 Å². The largest absolute Gasteiger partial charge is 0.480 e. The van der Waals surface area contributed by atoms with Crippen molar-refractivity contribution < 1.29 is 72.9 Å². The third kappa shape index (κ3) is 23.3. The third-order valence-electron chi connectivity index (χ3n) is 8.50. The Bertz CT molecular complexity index is 1620. The number of nitrogens with two attached hydrogens (primary N) is 5. The summed E-state index contributed by atoms with van der Waals surface area (Å²) in [5, 5.41) is 46.4. The number of primary amides is 3. The van der Waals surface area contributed by atoms with Gasteiger partial charge >= 0.3 is 5.97 Å². The second-order valence-electron chi connectivity index (χ2n) is 13.7. The van der Waals surface area contributed by atoms with Gasteiger partial charge in [-0.25, -0.2) is 4.79 Å². The summed E-state index contributed by atoms with van der Waals surface area (Å²) in [5.74, 6) is -11.9. The Morgan fingerprint density at radius 1 is 0.484 bits per heavy atom. The summed E-state index contributed by atoms with van der Waals surface area (Å²) >= 11 is 0. The first-order valence-electron chi connectivity index (χ1n) is 19.2. The molecule has 0 saturated carbocycles. The van der Waals surface area contributed by atoms with E-state index < -0.39 is 152 Å². The molecule has 0 aliphatic carbocycles. The molecule has 28 nitrogen and oxygen atoms in total. The quantitative estimate of drug-likeness (QED) is 0.0279. The predicted molar refractivity (Wildman–Crippen MR) is 211 cm³/mol. The molecule has 11 amide bonds. The lowest BCUT2D eigenvalue weighted by Gasteiger charge is -2.25. The molecule has 0 aromatic heterocycles. The maximum Gasteiger partial charge on any atom is 0.326 e. The monoisotopic (exact) mass is 889 g/mol. The van der Waals surface area contributed by atoms with Crippen LogP contribution in [0.2, 0.25) is 0 Å². The summed E-state index contributed by atoms with van der Waals surface area (Å²) in [6.45, 7) is -2.12. The molecule has 0 aliphatic heterocycles. The van der Waals surface area contributed by atoms with Gasteiger partial charge in [0.15, 0.2) is 0 Å². The number of carbonyl (C=O) groups excluding carboxylic acids is 11. The number of aliphatic hydroxyl groups is 2. The SMILES string of the molecule is CC(NC(=O)C(N)CCC(N)=O)C(=O)NC(CCCCN)C(=O)NC(CO)C(=O)NC(CCC(N)=O)C(=O)NCC(=O)NCC(=O)NC(CO)C(=O)NC(CCC(N)=O)C(=O)O. The number of carbonyl (C=O) groups is 12. The van der Waals surface area contributed by atoms with Gasteiger partial charge in [0.2, 0.25) is 65.0 Å². The number of rotatable bonds is 32. The first-order valence-corrected chi connectivity index (χ1v) is 19.2. The topological polar surface area (TPSA) is 492 Å². The van der Waals surface area contributed by atoms with Crippen molar-refractivity contribution in [3.63, 3.8) is 0 Å². The maximum atomic E-state index is 13.3. The molecule has 7 atom stereocenters. The van der Waals surface area contributed by atoms with Crippen LogP contribution in [0.5, 0.6) is 0 Å². The zero-order valence-electron chi connectivity index (χ0n) is 34.1. The van der Waals surface area contributed by atoms with Gasteiger partial charge in [0.05, 0.1) is 32.3 Å². The summed E-state index contributed by atoms with van der Waals surface area (Å²) in [6, 6.07) is -10.3. The lowest BCUT2D eigenvalue weighted by Crippen LogP contribution is -2.59. The summed E-state index contributed by atoms with van der Waals surface area (Å²) in [7, 11) is 0. The number of hydrogen-bond acceptors (Lipinski definition) is 16. The Balaban J connectivity index is 5.54. The van der Waals surface area contributed by atoms with E-state index in [2.05, 4.69) is 37.2 Å². The minimum absolute atomic E-state index is 0.00899. The number of unbranched alkanes of at least 4 members (excludes halogenated alkanes) is 1. The number of carboxylic acid groups (broad SMARTS) is 1. The summed E-state index contributed by atoms with van der Waals surface area (Å²) in [6.07, 6.45) is -1.19. The summed E-state index contributed by atoms with van der Waals surface area (Å²) < 4.78 is 0. The molecule has 0 fully saturated rings. The van der Waals surface area contributed by atoms with Gasteiger partial charge in [0, 0.05) is 19.3 Å². The van der Waals surface area contributed by atoms with Crippen molar-refractivity contribution >= 4 is 70.9 Å². The Kier molecular flexibility index (Phi) is 26.5. The number of carboxylic acids is 1. The van der Waals surface area contributed by atoms with Gasteiger partial charge in [-0.1, -0.05) is 0 Å².